The minimum absolute atomic E-state index is 0.302. The number of fused-ring (bicyclic) bond motifs is 1. The SMILES string of the molecule is Cc1cc2c(C)c(C)oc2cc1C(=O)O. The van der Waals surface area contributed by atoms with Crippen LogP contribution >= 0.6 is 0 Å². The fourth-order valence-electron chi connectivity index (χ4n) is 1.73. The van der Waals surface area contributed by atoms with Crippen LogP contribution in [0.3, 0.4) is 0 Å². The maximum absolute atomic E-state index is 10.9. The number of aryl methyl sites for hydroxylation is 3. The van der Waals surface area contributed by atoms with Crippen LogP contribution in [-0.2, 0) is 0 Å². The van der Waals surface area contributed by atoms with Gasteiger partial charge in [-0.05, 0) is 44.0 Å². The summed E-state index contributed by atoms with van der Waals surface area (Å²) in [7, 11) is 0. The molecule has 78 valence electrons. The lowest BCUT2D eigenvalue weighted by atomic mass is 10.0. The molecular formula is C12H12O3. The number of rotatable bonds is 1. The fraction of sp³-hybridized carbons (Fsp3) is 0.250. The van der Waals surface area contributed by atoms with Gasteiger partial charge in [-0.1, -0.05) is 0 Å². The zero-order chi connectivity index (χ0) is 11.2. The highest BCUT2D eigenvalue weighted by Crippen LogP contribution is 2.27. The first-order chi connectivity index (χ1) is 7.00. The number of carboxylic acid groups (broad SMARTS) is 1. The molecule has 3 heteroatoms. The molecule has 2 rings (SSSR count). The molecule has 0 radical (unpaired) electrons. The molecule has 0 saturated heterocycles. The van der Waals surface area contributed by atoms with Gasteiger partial charge in [0, 0.05) is 5.39 Å². The molecule has 15 heavy (non-hydrogen) atoms. The van der Waals surface area contributed by atoms with Gasteiger partial charge in [-0.3, -0.25) is 0 Å². The first kappa shape index (κ1) is 9.77. The summed E-state index contributed by atoms with van der Waals surface area (Å²) in [5.74, 6) is -0.0759. The van der Waals surface area contributed by atoms with Gasteiger partial charge in [-0.15, -0.1) is 0 Å². The van der Waals surface area contributed by atoms with Gasteiger partial charge >= 0.3 is 5.97 Å². The molecule has 1 heterocycles. The van der Waals surface area contributed by atoms with Crippen molar-refractivity contribution in [1.29, 1.82) is 0 Å². The molecule has 1 aromatic carbocycles. The van der Waals surface area contributed by atoms with Crippen LogP contribution in [-0.4, -0.2) is 11.1 Å². The smallest absolute Gasteiger partial charge is 0.336 e. The standard InChI is InChI=1S/C12H12O3/c1-6-4-10-7(2)8(3)15-11(10)5-9(6)12(13)14/h4-5H,1-3H3,(H,13,14). The molecular weight excluding hydrogens is 192 g/mol. The summed E-state index contributed by atoms with van der Waals surface area (Å²) in [5.41, 5.74) is 2.79. The van der Waals surface area contributed by atoms with E-state index in [4.69, 9.17) is 9.52 Å². The molecule has 3 nitrogen and oxygen atoms in total. The highest BCUT2D eigenvalue weighted by atomic mass is 16.4. The van der Waals surface area contributed by atoms with E-state index >= 15 is 0 Å². The Balaban J connectivity index is 2.82. The number of furan rings is 1. The summed E-state index contributed by atoms with van der Waals surface area (Å²) in [6, 6.07) is 3.46. The Morgan fingerprint density at radius 3 is 2.53 bits per heavy atom. The number of hydrogen-bond acceptors (Lipinski definition) is 2. The predicted octanol–water partition coefficient (Wildman–Crippen LogP) is 3.06. The summed E-state index contributed by atoms with van der Waals surface area (Å²) < 4.78 is 5.48. The van der Waals surface area contributed by atoms with E-state index in [1.165, 1.54) is 0 Å². The molecule has 0 aliphatic heterocycles. The van der Waals surface area contributed by atoms with Crippen molar-refractivity contribution in [2.24, 2.45) is 0 Å². The second-order valence-corrected chi connectivity index (χ2v) is 3.75. The largest absolute Gasteiger partial charge is 0.478 e. The first-order valence-electron chi connectivity index (χ1n) is 4.74. The van der Waals surface area contributed by atoms with Gasteiger partial charge in [0.1, 0.15) is 11.3 Å². The zero-order valence-electron chi connectivity index (χ0n) is 8.92. The van der Waals surface area contributed by atoms with Crippen LogP contribution in [0.15, 0.2) is 16.5 Å². The monoisotopic (exact) mass is 204 g/mol. The minimum atomic E-state index is -0.916. The molecule has 2 aromatic rings. The summed E-state index contributed by atoms with van der Waals surface area (Å²) in [6.45, 7) is 5.65. The van der Waals surface area contributed by atoms with Gasteiger partial charge in [0.05, 0.1) is 5.56 Å². The van der Waals surface area contributed by atoms with Crippen LogP contribution in [0.5, 0.6) is 0 Å². The quantitative estimate of drug-likeness (QED) is 0.776. The zero-order valence-corrected chi connectivity index (χ0v) is 8.92. The van der Waals surface area contributed by atoms with Crippen LogP contribution in [0.1, 0.15) is 27.2 Å². The van der Waals surface area contributed by atoms with Gasteiger partial charge in [0.2, 0.25) is 0 Å². The Kier molecular flexibility index (Phi) is 2.03. The molecule has 0 bridgehead atoms. The van der Waals surface area contributed by atoms with Crippen LogP contribution in [0.25, 0.3) is 11.0 Å². The Morgan fingerprint density at radius 2 is 1.93 bits per heavy atom. The van der Waals surface area contributed by atoms with Gasteiger partial charge < -0.3 is 9.52 Å². The molecule has 0 unspecified atom stereocenters. The number of aromatic carboxylic acids is 1. The summed E-state index contributed by atoms with van der Waals surface area (Å²) in [5, 5.41) is 9.95. The summed E-state index contributed by atoms with van der Waals surface area (Å²) >= 11 is 0. The van der Waals surface area contributed by atoms with Crippen LogP contribution < -0.4 is 0 Å². The van der Waals surface area contributed by atoms with Crippen LogP contribution in [0.4, 0.5) is 0 Å². The van der Waals surface area contributed by atoms with E-state index in [1.54, 1.807) is 13.0 Å². The van der Waals surface area contributed by atoms with Crippen molar-refractivity contribution < 1.29 is 14.3 Å². The van der Waals surface area contributed by atoms with E-state index in [0.717, 1.165) is 22.3 Å². The number of carboxylic acids is 1. The second kappa shape index (κ2) is 3.12. The van der Waals surface area contributed by atoms with E-state index in [1.807, 2.05) is 19.9 Å². The predicted molar refractivity (Wildman–Crippen MR) is 57.4 cm³/mol. The molecule has 0 amide bonds. The van der Waals surface area contributed by atoms with Crippen molar-refractivity contribution in [2.45, 2.75) is 20.8 Å². The molecule has 0 aliphatic rings. The topological polar surface area (TPSA) is 50.4 Å². The lowest BCUT2D eigenvalue weighted by molar-refractivity contribution is 0.0696. The van der Waals surface area contributed by atoms with Crippen molar-refractivity contribution in [3.63, 3.8) is 0 Å². The second-order valence-electron chi connectivity index (χ2n) is 3.75. The highest BCUT2D eigenvalue weighted by molar-refractivity contribution is 5.95. The Morgan fingerprint density at radius 1 is 1.27 bits per heavy atom. The van der Waals surface area contributed by atoms with E-state index in [9.17, 15) is 4.79 Å². The van der Waals surface area contributed by atoms with Crippen molar-refractivity contribution in [1.82, 2.24) is 0 Å². The Hall–Kier alpha value is -1.77. The molecule has 0 spiro atoms. The molecule has 1 N–H and O–H groups in total. The van der Waals surface area contributed by atoms with Gasteiger partial charge in [-0.25, -0.2) is 4.79 Å². The Labute approximate surface area is 87.3 Å². The number of benzene rings is 1. The summed E-state index contributed by atoms with van der Waals surface area (Å²) in [4.78, 5) is 10.9. The number of hydrogen-bond donors (Lipinski definition) is 1. The average Bonchev–Trinajstić information content (AvgIpc) is 2.43. The highest BCUT2D eigenvalue weighted by Gasteiger charge is 2.13. The number of carbonyl (C=O) groups is 1. The van der Waals surface area contributed by atoms with Gasteiger partial charge in [0.25, 0.3) is 0 Å². The van der Waals surface area contributed by atoms with E-state index in [0.29, 0.717) is 11.1 Å². The van der Waals surface area contributed by atoms with Gasteiger partial charge in [-0.2, -0.15) is 0 Å². The van der Waals surface area contributed by atoms with Crippen LogP contribution in [0.2, 0.25) is 0 Å². The maximum atomic E-state index is 10.9. The lowest BCUT2D eigenvalue weighted by Crippen LogP contribution is -1.98. The van der Waals surface area contributed by atoms with E-state index in [-0.39, 0.29) is 0 Å². The normalized spacial score (nSPS) is 10.9. The average molecular weight is 204 g/mol. The third kappa shape index (κ3) is 1.40. The minimum Gasteiger partial charge on any atom is -0.478 e. The summed E-state index contributed by atoms with van der Waals surface area (Å²) in [6.07, 6.45) is 0. The van der Waals surface area contributed by atoms with Crippen molar-refractivity contribution in [2.75, 3.05) is 0 Å². The third-order valence-electron chi connectivity index (χ3n) is 2.75. The third-order valence-corrected chi connectivity index (χ3v) is 2.75. The molecule has 0 atom stereocenters. The van der Waals surface area contributed by atoms with Crippen molar-refractivity contribution in [3.8, 4) is 0 Å². The van der Waals surface area contributed by atoms with Crippen molar-refractivity contribution >= 4 is 16.9 Å². The Bertz CT molecular complexity index is 549. The molecule has 0 saturated carbocycles. The van der Waals surface area contributed by atoms with E-state index in [2.05, 4.69) is 0 Å². The fourth-order valence-corrected chi connectivity index (χ4v) is 1.73. The van der Waals surface area contributed by atoms with E-state index < -0.39 is 5.97 Å². The first-order valence-corrected chi connectivity index (χ1v) is 4.74. The van der Waals surface area contributed by atoms with Gasteiger partial charge in [0.15, 0.2) is 0 Å². The van der Waals surface area contributed by atoms with Crippen molar-refractivity contribution in [3.05, 3.63) is 34.6 Å². The molecule has 1 aromatic heterocycles. The lowest BCUT2D eigenvalue weighted by Gasteiger charge is -2.00. The van der Waals surface area contributed by atoms with Crippen LogP contribution in [0, 0.1) is 20.8 Å². The molecule has 0 fully saturated rings. The maximum Gasteiger partial charge on any atom is 0.336 e. The molecule has 0 aliphatic carbocycles.